The molecule has 4 aromatic rings. The van der Waals surface area contributed by atoms with Crippen LogP contribution in [0.2, 0.25) is 0 Å². The summed E-state index contributed by atoms with van der Waals surface area (Å²) in [5.41, 5.74) is 5.42. The molecule has 121 valence electrons. The number of nitrogens with zero attached hydrogens (tertiary/aromatic N) is 1. The molecule has 1 nitrogen and oxygen atoms in total. The Morgan fingerprint density at radius 3 is 2.25 bits per heavy atom. The standard InChI is InChI=1S/C21H14N.CH3.Ir/c1-3-8-16(9-4-1)18-12-7-13-21-19(18)14-15-20(22-21)17-10-5-2-6-11-17;;/h1-10,12-15H;1H3;/q2*-1;. The van der Waals surface area contributed by atoms with Gasteiger partial charge in [-0.25, -0.2) is 0 Å². The van der Waals surface area contributed by atoms with Gasteiger partial charge in [0.1, 0.15) is 0 Å². The van der Waals surface area contributed by atoms with Gasteiger partial charge in [-0.1, -0.05) is 54.6 Å². The first kappa shape index (κ1) is 18.1. The SMILES string of the molecule is [CH3-].[Ir].[c-]1ccccc1-c1ccc2c(-c3ccccc3)cccc2n1. The molecule has 0 aliphatic carbocycles. The second-order valence-corrected chi connectivity index (χ2v) is 5.21. The molecule has 0 spiro atoms. The van der Waals surface area contributed by atoms with E-state index in [2.05, 4.69) is 60.7 Å². The topological polar surface area (TPSA) is 12.9 Å². The molecule has 1 heterocycles. The Kier molecular flexibility index (Phi) is 6.03. The van der Waals surface area contributed by atoms with E-state index in [0.29, 0.717) is 0 Å². The molecular weight excluding hydrogens is 470 g/mol. The van der Waals surface area contributed by atoms with E-state index in [-0.39, 0.29) is 27.5 Å². The van der Waals surface area contributed by atoms with Gasteiger partial charge < -0.3 is 7.43 Å². The Morgan fingerprint density at radius 2 is 1.50 bits per heavy atom. The number of hydrogen-bond acceptors (Lipinski definition) is 1. The van der Waals surface area contributed by atoms with Crippen molar-refractivity contribution in [2.24, 2.45) is 0 Å². The molecule has 0 bridgehead atoms. The predicted octanol–water partition coefficient (Wildman–Crippen LogP) is 5.82. The summed E-state index contributed by atoms with van der Waals surface area (Å²) in [4.78, 5) is 4.80. The fraction of sp³-hybridized carbons (Fsp3) is 0. The molecule has 0 aliphatic rings. The molecule has 0 aliphatic heterocycles. The predicted molar refractivity (Wildman–Crippen MR) is 97.9 cm³/mol. The average molecular weight is 488 g/mol. The minimum absolute atomic E-state index is 0. The molecule has 0 saturated heterocycles. The van der Waals surface area contributed by atoms with Crippen molar-refractivity contribution in [2.75, 3.05) is 0 Å². The van der Waals surface area contributed by atoms with Crippen LogP contribution in [0.1, 0.15) is 0 Å². The van der Waals surface area contributed by atoms with Crippen LogP contribution in [0, 0.1) is 13.5 Å². The average Bonchev–Trinajstić information content (AvgIpc) is 2.62. The molecule has 1 radical (unpaired) electrons. The minimum Gasteiger partial charge on any atom is -0.358 e. The summed E-state index contributed by atoms with van der Waals surface area (Å²) in [5.74, 6) is 0. The quantitative estimate of drug-likeness (QED) is 0.325. The third-order valence-corrected chi connectivity index (χ3v) is 3.80. The molecular formula is C22H17IrN-2. The maximum Gasteiger partial charge on any atom is 0.0601 e. The molecule has 0 fully saturated rings. The van der Waals surface area contributed by atoms with E-state index in [1.54, 1.807) is 0 Å². The van der Waals surface area contributed by atoms with E-state index < -0.39 is 0 Å². The maximum atomic E-state index is 4.80. The fourth-order valence-electron chi connectivity index (χ4n) is 2.73. The van der Waals surface area contributed by atoms with E-state index in [1.807, 2.05) is 30.3 Å². The van der Waals surface area contributed by atoms with E-state index in [9.17, 15) is 0 Å². The van der Waals surface area contributed by atoms with Crippen molar-refractivity contribution in [3.05, 3.63) is 98.4 Å². The zero-order chi connectivity index (χ0) is 14.8. The van der Waals surface area contributed by atoms with Crippen molar-refractivity contribution >= 4 is 10.9 Å². The van der Waals surface area contributed by atoms with Crippen molar-refractivity contribution in [3.8, 4) is 22.4 Å². The number of pyridine rings is 1. The smallest absolute Gasteiger partial charge is 0.0601 e. The van der Waals surface area contributed by atoms with Crippen molar-refractivity contribution in [1.82, 2.24) is 4.98 Å². The first-order chi connectivity index (χ1) is 10.9. The van der Waals surface area contributed by atoms with Gasteiger partial charge in [-0.05, 0) is 22.9 Å². The summed E-state index contributed by atoms with van der Waals surface area (Å²) in [6.07, 6.45) is 0. The van der Waals surface area contributed by atoms with Crippen LogP contribution in [-0.2, 0) is 20.1 Å². The van der Waals surface area contributed by atoms with Gasteiger partial charge in [-0.2, -0.15) is 0 Å². The third-order valence-electron chi connectivity index (χ3n) is 3.80. The van der Waals surface area contributed by atoms with Crippen molar-refractivity contribution < 1.29 is 20.1 Å². The van der Waals surface area contributed by atoms with Crippen LogP contribution < -0.4 is 0 Å². The summed E-state index contributed by atoms with van der Waals surface area (Å²) >= 11 is 0. The zero-order valence-electron chi connectivity index (χ0n) is 13.4. The first-order valence-corrected chi connectivity index (χ1v) is 7.34. The van der Waals surface area contributed by atoms with Crippen molar-refractivity contribution in [2.45, 2.75) is 0 Å². The number of benzene rings is 3. The van der Waals surface area contributed by atoms with Crippen LogP contribution in [0.15, 0.2) is 84.9 Å². The molecule has 0 N–H and O–H groups in total. The summed E-state index contributed by atoms with van der Waals surface area (Å²) in [6, 6.07) is 32.1. The van der Waals surface area contributed by atoms with Gasteiger partial charge in [0.05, 0.1) is 5.52 Å². The van der Waals surface area contributed by atoms with Crippen LogP contribution in [0.5, 0.6) is 0 Å². The molecule has 4 rings (SSSR count). The van der Waals surface area contributed by atoms with Gasteiger partial charge in [0.25, 0.3) is 0 Å². The monoisotopic (exact) mass is 488 g/mol. The summed E-state index contributed by atoms with van der Waals surface area (Å²) < 4.78 is 0. The molecule has 0 unspecified atom stereocenters. The Morgan fingerprint density at radius 1 is 0.708 bits per heavy atom. The van der Waals surface area contributed by atoms with Crippen LogP contribution in [0.25, 0.3) is 33.3 Å². The molecule has 1 aromatic heterocycles. The van der Waals surface area contributed by atoms with Crippen LogP contribution in [0.3, 0.4) is 0 Å². The fourth-order valence-corrected chi connectivity index (χ4v) is 2.73. The van der Waals surface area contributed by atoms with E-state index in [1.165, 1.54) is 16.5 Å². The normalized spacial score (nSPS) is 9.83. The molecule has 0 saturated carbocycles. The maximum absolute atomic E-state index is 4.80. The van der Waals surface area contributed by atoms with E-state index >= 15 is 0 Å². The number of hydrogen-bond donors (Lipinski definition) is 0. The number of rotatable bonds is 2. The third kappa shape index (κ3) is 3.46. The van der Waals surface area contributed by atoms with E-state index in [4.69, 9.17) is 4.98 Å². The van der Waals surface area contributed by atoms with Crippen LogP contribution in [-0.4, -0.2) is 4.98 Å². The van der Waals surface area contributed by atoms with Gasteiger partial charge in [0, 0.05) is 25.5 Å². The molecule has 0 amide bonds. The largest absolute Gasteiger partial charge is 0.358 e. The van der Waals surface area contributed by atoms with Crippen LogP contribution >= 0.6 is 0 Å². The van der Waals surface area contributed by atoms with Crippen molar-refractivity contribution in [3.63, 3.8) is 0 Å². The van der Waals surface area contributed by atoms with Crippen molar-refractivity contribution in [1.29, 1.82) is 0 Å². The van der Waals surface area contributed by atoms with Gasteiger partial charge in [0.2, 0.25) is 0 Å². The summed E-state index contributed by atoms with van der Waals surface area (Å²) in [5, 5.41) is 1.17. The number of fused-ring (bicyclic) bond motifs is 1. The molecule has 2 heteroatoms. The van der Waals surface area contributed by atoms with Gasteiger partial charge >= 0.3 is 0 Å². The Labute approximate surface area is 156 Å². The summed E-state index contributed by atoms with van der Waals surface area (Å²) in [7, 11) is 0. The van der Waals surface area contributed by atoms with E-state index in [0.717, 1.165) is 16.8 Å². The van der Waals surface area contributed by atoms with Gasteiger partial charge in [-0.15, -0.1) is 35.9 Å². The Balaban J connectivity index is 0.00000104. The zero-order valence-corrected chi connectivity index (χ0v) is 15.8. The minimum atomic E-state index is 0. The van der Waals surface area contributed by atoms with Crippen LogP contribution in [0.4, 0.5) is 0 Å². The molecule has 3 aromatic carbocycles. The second-order valence-electron chi connectivity index (χ2n) is 5.21. The Bertz CT molecular complexity index is 918. The number of aromatic nitrogens is 1. The molecule has 24 heavy (non-hydrogen) atoms. The summed E-state index contributed by atoms with van der Waals surface area (Å²) in [6.45, 7) is 0. The van der Waals surface area contributed by atoms with Gasteiger partial charge in [0.15, 0.2) is 0 Å². The first-order valence-electron chi connectivity index (χ1n) is 7.34. The molecule has 0 atom stereocenters. The Hall–Kier alpha value is -2.28. The van der Waals surface area contributed by atoms with Gasteiger partial charge in [-0.3, -0.25) is 4.98 Å². The second kappa shape index (κ2) is 8.01.